The quantitative estimate of drug-likeness (QED) is 0.353. The maximum atomic E-state index is 13.5. The Bertz CT molecular complexity index is 979. The number of amides is 3. The highest BCUT2D eigenvalue weighted by Crippen LogP contribution is 2.50. The number of nitrogens with two attached hydrogens (primary N) is 1. The van der Waals surface area contributed by atoms with Crippen molar-refractivity contribution in [3.05, 3.63) is 24.7 Å². The summed E-state index contributed by atoms with van der Waals surface area (Å²) >= 11 is 0. The molecular formula is C25H37N7O3. The molecule has 1 aromatic heterocycles. The highest BCUT2D eigenvalue weighted by atomic mass is 16.2. The number of hydrogen-bond donors (Lipinski definition) is 4. The van der Waals surface area contributed by atoms with E-state index >= 15 is 0 Å². The highest BCUT2D eigenvalue weighted by Gasteiger charge is 2.48. The highest BCUT2D eigenvalue weighted by molar-refractivity contribution is 6.43. The van der Waals surface area contributed by atoms with Gasteiger partial charge in [0.15, 0.2) is 0 Å². The van der Waals surface area contributed by atoms with E-state index in [0.717, 1.165) is 45.1 Å². The zero-order chi connectivity index (χ0) is 24.9. The predicted octanol–water partition coefficient (Wildman–Crippen LogP) is 1.59. The van der Waals surface area contributed by atoms with Crippen LogP contribution in [0.1, 0.15) is 52.4 Å². The number of aromatic nitrogens is 2. The van der Waals surface area contributed by atoms with Crippen molar-refractivity contribution in [1.29, 1.82) is 0 Å². The molecule has 0 spiro atoms. The lowest BCUT2D eigenvalue weighted by Crippen LogP contribution is -2.51. The molecule has 1 unspecified atom stereocenters. The van der Waals surface area contributed by atoms with E-state index in [4.69, 9.17) is 5.73 Å². The molecule has 2 saturated carbocycles. The fourth-order valence-corrected chi connectivity index (χ4v) is 4.97. The van der Waals surface area contributed by atoms with E-state index in [1.807, 2.05) is 13.8 Å². The summed E-state index contributed by atoms with van der Waals surface area (Å²) in [6.45, 7) is 4.95. The van der Waals surface area contributed by atoms with Crippen molar-refractivity contribution in [2.24, 2.45) is 34.4 Å². The lowest BCUT2D eigenvalue weighted by Gasteiger charge is -2.27. The molecule has 0 bridgehead atoms. The third kappa shape index (κ3) is 6.70. The number of anilines is 1. The van der Waals surface area contributed by atoms with Crippen molar-refractivity contribution >= 4 is 29.1 Å². The van der Waals surface area contributed by atoms with Crippen LogP contribution in [-0.4, -0.2) is 51.8 Å². The number of nitrogens with zero attached hydrogens (tertiary/aromatic N) is 3. The minimum absolute atomic E-state index is 0.0437. The van der Waals surface area contributed by atoms with E-state index in [2.05, 4.69) is 26.0 Å². The Morgan fingerprint density at radius 3 is 2.57 bits per heavy atom. The van der Waals surface area contributed by atoms with Crippen LogP contribution in [0.2, 0.25) is 0 Å². The molecule has 3 aliphatic rings. The summed E-state index contributed by atoms with van der Waals surface area (Å²) in [7, 11) is 0. The first-order chi connectivity index (χ1) is 16.9. The molecule has 5 N–H and O–H groups in total. The summed E-state index contributed by atoms with van der Waals surface area (Å²) in [5, 5.41) is 13.2. The van der Waals surface area contributed by atoms with E-state index in [-0.39, 0.29) is 35.4 Å². The second-order valence-corrected chi connectivity index (χ2v) is 10.2. The summed E-state index contributed by atoms with van der Waals surface area (Å²) in [5.41, 5.74) is 6.30. The Balaban J connectivity index is 1.47. The van der Waals surface area contributed by atoms with Gasteiger partial charge in [0.05, 0.1) is 24.3 Å². The van der Waals surface area contributed by atoms with Crippen LogP contribution in [0.4, 0.5) is 5.69 Å². The second-order valence-electron chi connectivity index (χ2n) is 10.2. The Labute approximate surface area is 206 Å². The van der Waals surface area contributed by atoms with Crippen LogP contribution < -0.4 is 21.7 Å². The lowest BCUT2D eigenvalue weighted by molar-refractivity contribution is -0.127. The van der Waals surface area contributed by atoms with Crippen LogP contribution in [-0.2, 0) is 20.9 Å². The van der Waals surface area contributed by atoms with Gasteiger partial charge in [-0.3, -0.25) is 24.1 Å². The molecule has 1 saturated heterocycles. The predicted molar refractivity (Wildman–Crippen MR) is 133 cm³/mol. The zero-order valence-electron chi connectivity index (χ0n) is 20.6. The molecule has 2 atom stereocenters. The average Bonchev–Trinajstić information content (AvgIpc) is 3.75. The Morgan fingerprint density at radius 1 is 1.26 bits per heavy atom. The van der Waals surface area contributed by atoms with Crippen molar-refractivity contribution in [2.75, 3.05) is 11.9 Å². The van der Waals surface area contributed by atoms with Crippen molar-refractivity contribution in [3.63, 3.8) is 0 Å². The van der Waals surface area contributed by atoms with Crippen molar-refractivity contribution in [1.82, 2.24) is 20.4 Å². The average molecular weight is 484 g/mol. The Kier molecular flexibility index (Phi) is 7.87. The largest absolute Gasteiger partial charge is 0.405 e. The van der Waals surface area contributed by atoms with Gasteiger partial charge in [0, 0.05) is 18.8 Å². The third-order valence-electron chi connectivity index (χ3n) is 6.88. The first-order valence-corrected chi connectivity index (χ1v) is 12.7. The monoisotopic (exact) mass is 483 g/mol. The molecule has 2 heterocycles. The van der Waals surface area contributed by atoms with Crippen molar-refractivity contribution < 1.29 is 14.4 Å². The molecule has 3 amide bonds. The molecule has 2 aliphatic carbocycles. The molecular weight excluding hydrogens is 446 g/mol. The second kappa shape index (κ2) is 11.0. The normalized spacial score (nSPS) is 21.9. The van der Waals surface area contributed by atoms with Gasteiger partial charge in [0.2, 0.25) is 11.8 Å². The molecule has 190 valence electrons. The summed E-state index contributed by atoms with van der Waals surface area (Å²) in [4.78, 5) is 43.0. The maximum absolute atomic E-state index is 13.5. The number of carbonyl (C=O) groups excluding carboxylic acids is 3. The molecule has 0 radical (unpaired) electrons. The van der Waals surface area contributed by atoms with Gasteiger partial charge in [-0.25, -0.2) is 0 Å². The molecule has 1 aliphatic heterocycles. The Morgan fingerprint density at radius 2 is 1.97 bits per heavy atom. The van der Waals surface area contributed by atoms with Gasteiger partial charge >= 0.3 is 0 Å². The third-order valence-corrected chi connectivity index (χ3v) is 6.88. The van der Waals surface area contributed by atoms with E-state index in [1.54, 1.807) is 17.1 Å². The van der Waals surface area contributed by atoms with Gasteiger partial charge in [0.1, 0.15) is 11.8 Å². The zero-order valence-corrected chi connectivity index (χ0v) is 20.6. The smallest absolute Gasteiger partial charge is 0.270 e. The summed E-state index contributed by atoms with van der Waals surface area (Å²) in [6, 6.07) is -0.752. The van der Waals surface area contributed by atoms with E-state index in [0.29, 0.717) is 24.1 Å². The van der Waals surface area contributed by atoms with Gasteiger partial charge < -0.3 is 21.7 Å². The summed E-state index contributed by atoms with van der Waals surface area (Å²) < 4.78 is 1.69. The number of hydrogen-bond acceptors (Lipinski definition) is 6. The minimum atomic E-state index is -0.668. The van der Waals surface area contributed by atoms with Gasteiger partial charge in [-0.2, -0.15) is 5.10 Å². The molecule has 35 heavy (non-hydrogen) atoms. The Hall–Kier alpha value is -3.17. The maximum Gasteiger partial charge on any atom is 0.270 e. The van der Waals surface area contributed by atoms with Crippen LogP contribution in [0.3, 0.4) is 0 Å². The summed E-state index contributed by atoms with van der Waals surface area (Å²) in [5.74, 6) is 0.263. The molecule has 0 aromatic carbocycles. The van der Waals surface area contributed by atoms with Gasteiger partial charge in [-0.15, -0.1) is 0 Å². The first-order valence-electron chi connectivity index (χ1n) is 12.7. The van der Waals surface area contributed by atoms with Gasteiger partial charge in [-0.05, 0) is 82.4 Å². The van der Waals surface area contributed by atoms with Gasteiger partial charge in [-0.1, -0.05) is 0 Å². The van der Waals surface area contributed by atoms with Crippen molar-refractivity contribution in [2.45, 2.75) is 71.0 Å². The molecule has 3 fully saturated rings. The van der Waals surface area contributed by atoms with E-state index in [1.165, 1.54) is 12.3 Å². The number of aliphatic imine (C=N–C) groups is 1. The van der Waals surface area contributed by atoms with Crippen LogP contribution >= 0.6 is 0 Å². The molecule has 4 rings (SSSR count). The van der Waals surface area contributed by atoms with Crippen LogP contribution in [0.5, 0.6) is 0 Å². The van der Waals surface area contributed by atoms with Crippen LogP contribution in [0, 0.1) is 23.7 Å². The fourth-order valence-electron chi connectivity index (χ4n) is 4.97. The van der Waals surface area contributed by atoms with Crippen LogP contribution in [0.25, 0.3) is 0 Å². The van der Waals surface area contributed by atoms with E-state index < -0.39 is 11.9 Å². The molecule has 1 aromatic rings. The van der Waals surface area contributed by atoms with E-state index in [9.17, 15) is 14.4 Å². The first kappa shape index (κ1) is 24.9. The van der Waals surface area contributed by atoms with Crippen LogP contribution in [0.15, 0.2) is 29.7 Å². The molecule has 10 heteroatoms. The number of piperidine rings is 1. The number of carbonyl (C=O) groups is 3. The number of nitrogens with one attached hydrogen (secondary N) is 3. The number of rotatable bonds is 11. The topological polar surface area (TPSA) is 143 Å². The SMILES string of the molecule is CC(C)N=C(C=CN)C(=O)N[C@H](C(=O)Nc1cnn(CC2CCCNC2=O)c1)C(C1CC1)C1CC1. The van der Waals surface area contributed by atoms with Crippen molar-refractivity contribution in [3.8, 4) is 0 Å². The lowest BCUT2D eigenvalue weighted by atomic mass is 9.88. The van der Waals surface area contributed by atoms with Gasteiger partial charge in [0.25, 0.3) is 5.91 Å². The molecule has 10 nitrogen and oxygen atoms in total. The fraction of sp³-hybridized carbons (Fsp3) is 0.640. The standard InChI is InChI=1S/C25H37N7O3/c1-15(2)29-20(9-10-26)24(34)31-22(21(16-5-6-16)17-7-8-17)25(35)30-19-12-28-32(14-19)13-18-4-3-11-27-23(18)33/h9-10,12,14-18,21-22H,3-8,11,13,26H2,1-2H3,(H,27,33)(H,30,35)(H,31,34)/t18?,22-/m0/s1. The summed E-state index contributed by atoms with van der Waals surface area (Å²) in [6.07, 6.45) is 12.2. The minimum Gasteiger partial charge on any atom is -0.405 e.